The second-order valence-corrected chi connectivity index (χ2v) is 6.64. The third-order valence-corrected chi connectivity index (χ3v) is 5.44. The Hall–Kier alpha value is -0.170. The van der Waals surface area contributed by atoms with Crippen LogP contribution in [0.2, 0.25) is 0 Å². The molecule has 2 rings (SSSR count). The van der Waals surface area contributed by atoms with Crippen LogP contribution < -0.4 is 5.32 Å². The van der Waals surface area contributed by atoms with E-state index >= 15 is 0 Å². The molecule has 0 radical (unpaired) electrons. The van der Waals surface area contributed by atoms with Crippen molar-refractivity contribution in [2.24, 2.45) is 0 Å². The van der Waals surface area contributed by atoms with Crippen LogP contribution in [0.3, 0.4) is 0 Å². The SMILES string of the molecule is Cl.O=S(=O)(Cc1cncs1)[C@@H]1CCNC1. The van der Waals surface area contributed by atoms with Crippen molar-refractivity contribution < 1.29 is 8.42 Å². The Bertz CT molecular complexity index is 385. The van der Waals surface area contributed by atoms with Gasteiger partial charge in [0.05, 0.1) is 16.5 Å². The minimum atomic E-state index is -2.98. The maximum Gasteiger partial charge on any atom is 0.159 e. The van der Waals surface area contributed by atoms with Crippen molar-refractivity contribution in [2.45, 2.75) is 17.4 Å². The first-order valence-electron chi connectivity index (χ1n) is 4.48. The van der Waals surface area contributed by atoms with Crippen LogP contribution in [0.5, 0.6) is 0 Å². The van der Waals surface area contributed by atoms with Gasteiger partial charge >= 0.3 is 0 Å². The van der Waals surface area contributed by atoms with Gasteiger partial charge in [-0.05, 0) is 13.0 Å². The molecule has 0 aromatic carbocycles. The topological polar surface area (TPSA) is 59.1 Å². The molecule has 1 aliphatic heterocycles. The van der Waals surface area contributed by atoms with Crippen molar-refractivity contribution >= 4 is 33.6 Å². The zero-order valence-electron chi connectivity index (χ0n) is 8.05. The summed E-state index contributed by atoms with van der Waals surface area (Å²) in [5.74, 6) is 0.143. The van der Waals surface area contributed by atoms with Crippen LogP contribution in [0, 0.1) is 0 Å². The molecule has 0 unspecified atom stereocenters. The zero-order valence-corrected chi connectivity index (χ0v) is 10.5. The lowest BCUT2D eigenvalue weighted by Crippen LogP contribution is -2.24. The van der Waals surface area contributed by atoms with E-state index in [1.807, 2.05) is 0 Å². The standard InChI is InChI=1S/C8H12N2O2S2.ClH/c11-14(12,8-1-2-9-4-8)5-7-3-10-6-13-7;/h3,6,8-9H,1-2,4-5H2;1H/t8-;/m1./s1. The Balaban J connectivity index is 0.00000112. The molecular weight excluding hydrogens is 256 g/mol. The van der Waals surface area contributed by atoms with Crippen molar-refractivity contribution in [2.75, 3.05) is 13.1 Å². The number of thiazole rings is 1. The van der Waals surface area contributed by atoms with Gasteiger partial charge in [0.2, 0.25) is 0 Å². The van der Waals surface area contributed by atoms with Gasteiger partial charge < -0.3 is 5.32 Å². The van der Waals surface area contributed by atoms with Crippen LogP contribution in [0.1, 0.15) is 11.3 Å². The summed E-state index contributed by atoms with van der Waals surface area (Å²) in [7, 11) is -2.98. The van der Waals surface area contributed by atoms with Crippen molar-refractivity contribution in [3.8, 4) is 0 Å². The number of aromatic nitrogens is 1. The second kappa shape index (κ2) is 5.25. The Morgan fingerprint density at radius 3 is 2.93 bits per heavy atom. The summed E-state index contributed by atoms with van der Waals surface area (Å²) in [5.41, 5.74) is 1.66. The number of nitrogens with one attached hydrogen (secondary N) is 1. The van der Waals surface area contributed by atoms with E-state index in [0.717, 1.165) is 17.8 Å². The van der Waals surface area contributed by atoms with Gasteiger partial charge in [-0.1, -0.05) is 0 Å². The smallest absolute Gasteiger partial charge is 0.159 e. The van der Waals surface area contributed by atoms with Crippen LogP contribution in [0.15, 0.2) is 11.7 Å². The molecule has 0 amide bonds. The van der Waals surface area contributed by atoms with E-state index in [1.54, 1.807) is 11.7 Å². The third-order valence-electron chi connectivity index (χ3n) is 2.35. The predicted molar refractivity (Wildman–Crippen MR) is 63.3 cm³/mol. The van der Waals surface area contributed by atoms with Crippen molar-refractivity contribution in [3.63, 3.8) is 0 Å². The minimum absolute atomic E-state index is 0. The molecule has 15 heavy (non-hydrogen) atoms. The van der Waals surface area contributed by atoms with Crippen LogP contribution in [-0.4, -0.2) is 31.7 Å². The van der Waals surface area contributed by atoms with Crippen LogP contribution in [0.25, 0.3) is 0 Å². The van der Waals surface area contributed by atoms with Crippen molar-refractivity contribution in [1.29, 1.82) is 0 Å². The van der Waals surface area contributed by atoms with E-state index in [2.05, 4.69) is 10.3 Å². The molecule has 86 valence electrons. The van der Waals surface area contributed by atoms with Gasteiger partial charge in [-0.15, -0.1) is 23.7 Å². The Morgan fingerprint density at radius 2 is 2.40 bits per heavy atom. The molecule has 1 N–H and O–H groups in total. The molecule has 0 spiro atoms. The lowest BCUT2D eigenvalue weighted by molar-refractivity contribution is 0.582. The maximum atomic E-state index is 11.8. The summed E-state index contributed by atoms with van der Waals surface area (Å²) >= 11 is 1.40. The monoisotopic (exact) mass is 268 g/mol. The van der Waals surface area contributed by atoms with Crippen LogP contribution in [-0.2, 0) is 15.6 Å². The van der Waals surface area contributed by atoms with Crippen molar-refractivity contribution in [1.82, 2.24) is 10.3 Å². The van der Waals surface area contributed by atoms with Gasteiger partial charge in [0.25, 0.3) is 0 Å². The first-order valence-corrected chi connectivity index (χ1v) is 7.07. The van der Waals surface area contributed by atoms with E-state index in [1.165, 1.54) is 11.3 Å². The Labute approximate surface area is 99.4 Å². The maximum absolute atomic E-state index is 11.8. The number of hydrogen-bond acceptors (Lipinski definition) is 5. The quantitative estimate of drug-likeness (QED) is 0.883. The van der Waals surface area contributed by atoms with E-state index in [4.69, 9.17) is 0 Å². The molecule has 0 bridgehead atoms. The first kappa shape index (κ1) is 12.9. The summed E-state index contributed by atoms with van der Waals surface area (Å²) in [5, 5.41) is 2.86. The van der Waals surface area contributed by atoms with Crippen molar-refractivity contribution in [3.05, 3.63) is 16.6 Å². The first-order chi connectivity index (χ1) is 6.68. The predicted octanol–water partition coefficient (Wildman–Crippen LogP) is 0.842. The molecule has 2 heterocycles. The van der Waals surface area contributed by atoms with Gasteiger partial charge in [0.1, 0.15) is 0 Å². The lowest BCUT2D eigenvalue weighted by Gasteiger charge is -2.08. The number of hydrogen-bond donors (Lipinski definition) is 1. The highest BCUT2D eigenvalue weighted by atomic mass is 35.5. The molecule has 1 atom stereocenters. The largest absolute Gasteiger partial charge is 0.315 e. The number of sulfone groups is 1. The molecule has 1 aromatic rings. The van der Waals surface area contributed by atoms with Crippen LogP contribution >= 0.6 is 23.7 Å². The Morgan fingerprint density at radius 1 is 1.60 bits per heavy atom. The molecule has 1 aromatic heterocycles. The third kappa shape index (κ3) is 3.14. The summed E-state index contributed by atoms with van der Waals surface area (Å²) in [4.78, 5) is 4.70. The summed E-state index contributed by atoms with van der Waals surface area (Å²) in [6.07, 6.45) is 2.37. The summed E-state index contributed by atoms with van der Waals surface area (Å²) < 4.78 is 23.7. The van der Waals surface area contributed by atoms with E-state index < -0.39 is 9.84 Å². The fourth-order valence-corrected chi connectivity index (χ4v) is 4.26. The van der Waals surface area contributed by atoms with Gasteiger partial charge in [-0.2, -0.15) is 0 Å². The molecule has 1 aliphatic rings. The van der Waals surface area contributed by atoms with E-state index in [0.29, 0.717) is 6.54 Å². The van der Waals surface area contributed by atoms with E-state index in [9.17, 15) is 8.42 Å². The highest BCUT2D eigenvalue weighted by Crippen LogP contribution is 2.17. The van der Waals surface area contributed by atoms with Gasteiger partial charge in [-0.3, -0.25) is 4.98 Å². The molecular formula is C8H13ClN2O2S2. The molecule has 1 fully saturated rings. The fourth-order valence-electron chi connectivity index (χ4n) is 1.56. The minimum Gasteiger partial charge on any atom is -0.315 e. The number of nitrogens with zero attached hydrogens (tertiary/aromatic N) is 1. The number of halogens is 1. The molecule has 1 saturated heterocycles. The molecule has 0 aliphatic carbocycles. The highest BCUT2D eigenvalue weighted by Gasteiger charge is 2.28. The summed E-state index contributed by atoms with van der Waals surface area (Å²) in [6.45, 7) is 1.41. The normalized spacial score (nSPS) is 21.2. The van der Waals surface area contributed by atoms with Gasteiger partial charge in [-0.25, -0.2) is 8.42 Å². The summed E-state index contributed by atoms with van der Waals surface area (Å²) in [6, 6.07) is 0. The average molecular weight is 269 g/mol. The van der Waals surface area contributed by atoms with Crippen LogP contribution in [0.4, 0.5) is 0 Å². The highest BCUT2D eigenvalue weighted by molar-refractivity contribution is 7.91. The Kier molecular flexibility index (Phi) is 4.51. The molecule has 4 nitrogen and oxygen atoms in total. The number of rotatable bonds is 3. The molecule has 7 heteroatoms. The molecule has 0 saturated carbocycles. The second-order valence-electron chi connectivity index (χ2n) is 3.39. The zero-order chi connectivity index (χ0) is 10.0. The van der Waals surface area contributed by atoms with Gasteiger partial charge in [0.15, 0.2) is 9.84 Å². The average Bonchev–Trinajstić information content (AvgIpc) is 2.71. The van der Waals surface area contributed by atoms with Gasteiger partial charge in [0, 0.05) is 17.6 Å². The lowest BCUT2D eigenvalue weighted by atomic mass is 10.4. The van der Waals surface area contributed by atoms with E-state index in [-0.39, 0.29) is 23.4 Å². The fraction of sp³-hybridized carbons (Fsp3) is 0.625.